The zero-order chi connectivity index (χ0) is 25.3. The molecule has 2 atom stereocenters. The summed E-state index contributed by atoms with van der Waals surface area (Å²) >= 11 is 1.51. The highest BCUT2D eigenvalue weighted by Gasteiger charge is 2.55. The van der Waals surface area contributed by atoms with Crippen LogP contribution in [-0.2, 0) is 4.79 Å². The second-order valence-electron chi connectivity index (χ2n) is 9.26. The summed E-state index contributed by atoms with van der Waals surface area (Å²) < 4.78 is 0. The average molecular weight is 499 g/mol. The minimum Gasteiger partial charge on any atom is -0.353 e. The maximum atomic E-state index is 13.8. The van der Waals surface area contributed by atoms with E-state index in [9.17, 15) is 9.90 Å². The third-order valence-electron chi connectivity index (χ3n) is 6.50. The van der Waals surface area contributed by atoms with Crippen molar-refractivity contribution in [3.63, 3.8) is 0 Å². The molecule has 3 aromatic carbocycles. The van der Waals surface area contributed by atoms with Gasteiger partial charge in [0.15, 0.2) is 5.17 Å². The lowest BCUT2D eigenvalue weighted by Gasteiger charge is -2.50. The average Bonchev–Trinajstić information content (AvgIpc) is 3.21. The zero-order valence-electron chi connectivity index (χ0n) is 20.6. The fraction of sp³-hybridized carbons (Fsp3) is 0.241. The molecule has 0 unspecified atom stereocenters. The van der Waals surface area contributed by atoms with Gasteiger partial charge in [-0.05, 0) is 50.6 Å². The number of rotatable bonds is 6. The number of nitrogens with zero attached hydrogens (tertiary/aromatic N) is 3. The SMILES string of the molecule is CC1=C(C(=O)Nc2ccccc2)[C@H](c2ccccc2)N2C(=N1)SC[C@]2(O)N(c1ccccc1)C(C)C. The molecular formula is C29H30N4O2S. The first-order valence-electron chi connectivity index (χ1n) is 12.1. The van der Waals surface area contributed by atoms with E-state index in [1.165, 1.54) is 11.8 Å². The van der Waals surface area contributed by atoms with Crippen LogP contribution in [-0.4, -0.2) is 38.7 Å². The topological polar surface area (TPSA) is 68.2 Å². The molecular weight excluding hydrogens is 468 g/mol. The van der Waals surface area contributed by atoms with Gasteiger partial charge >= 0.3 is 0 Å². The van der Waals surface area contributed by atoms with Crippen molar-refractivity contribution in [1.82, 2.24) is 4.90 Å². The molecule has 5 rings (SSSR count). The number of hydrogen-bond acceptors (Lipinski definition) is 6. The molecule has 36 heavy (non-hydrogen) atoms. The van der Waals surface area contributed by atoms with Crippen molar-refractivity contribution in [2.24, 2.45) is 4.99 Å². The number of nitrogens with one attached hydrogen (secondary N) is 1. The summed E-state index contributed by atoms with van der Waals surface area (Å²) in [5.41, 5.74) is 3.71. The van der Waals surface area contributed by atoms with Gasteiger partial charge in [0.25, 0.3) is 5.91 Å². The van der Waals surface area contributed by atoms with E-state index in [-0.39, 0.29) is 11.9 Å². The highest BCUT2D eigenvalue weighted by atomic mass is 32.2. The Kier molecular flexibility index (Phi) is 6.60. The van der Waals surface area contributed by atoms with Crippen LogP contribution in [0.3, 0.4) is 0 Å². The van der Waals surface area contributed by atoms with Gasteiger partial charge in [-0.1, -0.05) is 78.5 Å². The predicted octanol–water partition coefficient (Wildman–Crippen LogP) is 5.62. The number of aliphatic imine (C=N–C) groups is 1. The molecule has 1 fully saturated rings. The lowest BCUT2D eigenvalue weighted by molar-refractivity contribution is -0.114. The van der Waals surface area contributed by atoms with E-state index in [0.717, 1.165) is 11.3 Å². The van der Waals surface area contributed by atoms with Crippen molar-refractivity contribution in [3.05, 3.63) is 108 Å². The number of carbonyl (C=O) groups is 1. The normalized spacial score (nSPS) is 21.3. The minimum absolute atomic E-state index is 0.0117. The first-order valence-corrected chi connectivity index (χ1v) is 13.1. The van der Waals surface area contributed by atoms with Gasteiger partial charge in [-0.15, -0.1) is 0 Å². The quantitative estimate of drug-likeness (QED) is 0.432. The first kappa shape index (κ1) is 24.2. The van der Waals surface area contributed by atoms with Gasteiger partial charge in [-0.3, -0.25) is 9.69 Å². The number of amidine groups is 1. The van der Waals surface area contributed by atoms with Crippen LogP contribution in [0.2, 0.25) is 0 Å². The van der Waals surface area contributed by atoms with Crippen molar-refractivity contribution >= 4 is 34.2 Å². The van der Waals surface area contributed by atoms with Crippen molar-refractivity contribution in [2.45, 2.75) is 38.7 Å². The largest absolute Gasteiger partial charge is 0.353 e. The molecule has 184 valence electrons. The first-order chi connectivity index (χ1) is 17.4. The van der Waals surface area contributed by atoms with Gasteiger partial charge in [0.05, 0.1) is 23.1 Å². The molecule has 7 heteroatoms. The fourth-order valence-corrected chi connectivity index (χ4v) is 6.23. The van der Waals surface area contributed by atoms with Crippen LogP contribution in [0.1, 0.15) is 32.4 Å². The number of fused-ring (bicyclic) bond motifs is 1. The van der Waals surface area contributed by atoms with Crippen molar-refractivity contribution in [1.29, 1.82) is 0 Å². The molecule has 2 aliphatic heterocycles. The van der Waals surface area contributed by atoms with Gasteiger partial charge in [0, 0.05) is 17.4 Å². The maximum Gasteiger partial charge on any atom is 0.255 e. The van der Waals surface area contributed by atoms with Crippen molar-refractivity contribution in [2.75, 3.05) is 16.0 Å². The summed E-state index contributed by atoms with van der Waals surface area (Å²) in [5, 5.41) is 16.2. The zero-order valence-corrected chi connectivity index (χ0v) is 21.4. The van der Waals surface area contributed by atoms with E-state index in [0.29, 0.717) is 27.9 Å². The molecule has 1 saturated heterocycles. The van der Waals surface area contributed by atoms with Crippen LogP contribution >= 0.6 is 11.8 Å². The van der Waals surface area contributed by atoms with Gasteiger partial charge in [-0.25, -0.2) is 4.99 Å². The van der Waals surface area contributed by atoms with E-state index < -0.39 is 11.9 Å². The number of amides is 1. The Morgan fingerprint density at radius 3 is 2.22 bits per heavy atom. The van der Waals surface area contributed by atoms with Crippen LogP contribution < -0.4 is 10.2 Å². The molecule has 0 spiro atoms. The van der Waals surface area contributed by atoms with Gasteiger partial charge < -0.3 is 15.3 Å². The Hall–Kier alpha value is -3.55. The molecule has 0 bridgehead atoms. The molecule has 0 aliphatic carbocycles. The Labute approximate surface area is 216 Å². The van der Waals surface area contributed by atoms with E-state index in [1.807, 2.05) is 108 Å². The Morgan fingerprint density at radius 2 is 1.61 bits per heavy atom. The lowest BCUT2D eigenvalue weighted by atomic mass is 9.92. The van der Waals surface area contributed by atoms with E-state index in [1.54, 1.807) is 0 Å². The van der Waals surface area contributed by atoms with Gasteiger partial charge in [0.2, 0.25) is 5.85 Å². The number of anilines is 2. The van der Waals surface area contributed by atoms with Crippen LogP contribution in [0.5, 0.6) is 0 Å². The number of thioether (sulfide) groups is 1. The third-order valence-corrected chi connectivity index (χ3v) is 7.58. The number of allylic oxidation sites excluding steroid dienone is 1. The van der Waals surface area contributed by atoms with E-state index in [2.05, 4.69) is 19.2 Å². The highest BCUT2D eigenvalue weighted by molar-refractivity contribution is 8.14. The Morgan fingerprint density at radius 1 is 1.03 bits per heavy atom. The summed E-state index contributed by atoms with van der Waals surface area (Å²) in [6, 6.07) is 28.7. The molecule has 6 nitrogen and oxygen atoms in total. The van der Waals surface area contributed by atoms with Crippen molar-refractivity contribution < 1.29 is 9.90 Å². The summed E-state index contributed by atoms with van der Waals surface area (Å²) in [7, 11) is 0. The highest BCUT2D eigenvalue weighted by Crippen LogP contribution is 2.48. The molecule has 0 aromatic heterocycles. The number of hydrogen-bond donors (Lipinski definition) is 2. The summed E-state index contributed by atoms with van der Waals surface area (Å²) in [6.45, 7) is 6.00. The van der Waals surface area contributed by atoms with E-state index >= 15 is 0 Å². The second kappa shape index (κ2) is 9.84. The minimum atomic E-state index is -1.40. The molecule has 2 aliphatic rings. The lowest BCUT2D eigenvalue weighted by Crippen LogP contribution is -2.64. The predicted molar refractivity (Wildman–Crippen MR) is 148 cm³/mol. The number of para-hydroxylation sites is 2. The standard InChI is InChI=1S/C29H30N4O2S/c1-20(2)32(24-17-11-6-12-18-24)29(35)19-36-28-30-21(3)25(27(34)31-23-15-9-5-10-16-23)26(33(28)29)22-13-7-4-8-14-22/h4-18,20,26,35H,19H2,1-3H3,(H,31,34)/t26-,29-/m0/s1. The maximum absolute atomic E-state index is 13.8. The van der Waals surface area contributed by atoms with Crippen molar-refractivity contribution in [3.8, 4) is 0 Å². The molecule has 1 amide bonds. The molecule has 0 saturated carbocycles. The molecule has 2 heterocycles. The summed E-state index contributed by atoms with van der Waals surface area (Å²) in [4.78, 5) is 22.5. The number of benzene rings is 3. The van der Waals surface area contributed by atoms with Crippen LogP contribution in [0.4, 0.5) is 11.4 Å². The number of aliphatic hydroxyl groups is 1. The van der Waals surface area contributed by atoms with Crippen LogP contribution in [0.25, 0.3) is 0 Å². The molecule has 0 radical (unpaired) electrons. The Bertz CT molecular complexity index is 1290. The summed E-state index contributed by atoms with van der Waals surface area (Å²) in [6.07, 6.45) is 0. The number of carbonyl (C=O) groups excluding carboxylic acids is 1. The third kappa shape index (κ3) is 4.29. The second-order valence-corrected chi connectivity index (χ2v) is 10.2. The van der Waals surface area contributed by atoms with Crippen LogP contribution in [0.15, 0.2) is 107 Å². The van der Waals surface area contributed by atoms with E-state index in [4.69, 9.17) is 4.99 Å². The smallest absolute Gasteiger partial charge is 0.255 e. The summed E-state index contributed by atoms with van der Waals surface area (Å²) in [5.74, 6) is -1.24. The fourth-order valence-electron chi connectivity index (χ4n) is 5.04. The van der Waals surface area contributed by atoms with Gasteiger partial charge in [0.1, 0.15) is 0 Å². The monoisotopic (exact) mass is 498 g/mol. The Balaban J connectivity index is 1.64. The molecule has 2 N–H and O–H groups in total. The van der Waals surface area contributed by atoms with Gasteiger partial charge in [-0.2, -0.15) is 0 Å². The van der Waals surface area contributed by atoms with Crippen LogP contribution in [0, 0.1) is 0 Å². The molecule has 3 aromatic rings.